The average Bonchev–Trinajstić information content (AvgIpc) is 2.27. The zero-order chi connectivity index (χ0) is 13.2. The van der Waals surface area contributed by atoms with Crippen LogP contribution in [0.3, 0.4) is 0 Å². The molecule has 1 aliphatic rings. The van der Waals surface area contributed by atoms with E-state index in [1.54, 1.807) is 0 Å². The summed E-state index contributed by atoms with van der Waals surface area (Å²) in [7, 11) is 0. The minimum absolute atomic E-state index is 0.0307. The maximum absolute atomic E-state index is 10.7. The van der Waals surface area contributed by atoms with E-state index in [1.807, 2.05) is 11.8 Å². The molecular weight excluding hydrogens is 252 g/mol. The number of nitrogens with zero attached hydrogens (tertiary/aromatic N) is 2. The minimum atomic E-state index is -0.461. The largest absolute Gasteiger partial charge is 0.383 e. The highest BCUT2D eigenvalue weighted by atomic mass is 32.2. The topological polar surface area (TPSA) is 94.1 Å². The molecule has 2 rings (SSSR count). The van der Waals surface area contributed by atoms with E-state index < -0.39 is 4.92 Å². The third-order valence-electron chi connectivity index (χ3n) is 3.33. The smallest absolute Gasteiger partial charge is 0.276 e. The normalized spacial score (nSPS) is 16.9. The molecule has 1 saturated carbocycles. The van der Waals surface area contributed by atoms with Crippen LogP contribution in [-0.2, 0) is 0 Å². The summed E-state index contributed by atoms with van der Waals surface area (Å²) in [4.78, 5) is 14.3. The number of pyridine rings is 1. The van der Waals surface area contributed by atoms with Gasteiger partial charge in [-0.15, -0.1) is 0 Å². The number of nitro groups is 1. The number of nitrogens with one attached hydrogen (secondary N) is 1. The fourth-order valence-electron chi connectivity index (χ4n) is 2.01. The van der Waals surface area contributed by atoms with Crippen molar-refractivity contribution in [1.82, 2.24) is 4.98 Å². The maximum atomic E-state index is 10.7. The molecule has 18 heavy (non-hydrogen) atoms. The first-order chi connectivity index (χ1) is 8.54. The molecule has 0 spiro atoms. The quantitative estimate of drug-likeness (QED) is 0.628. The van der Waals surface area contributed by atoms with E-state index in [-0.39, 0.29) is 16.3 Å². The number of anilines is 2. The highest BCUT2D eigenvalue weighted by molar-refractivity contribution is 8.00. The molecule has 0 saturated heterocycles. The van der Waals surface area contributed by atoms with Crippen molar-refractivity contribution in [2.45, 2.75) is 24.0 Å². The first kappa shape index (κ1) is 12.9. The van der Waals surface area contributed by atoms with E-state index >= 15 is 0 Å². The SMILES string of the molecule is CSC1(CNc2cc([N+](=O)[O-])cc(N)n2)CCC1. The molecule has 1 aliphatic carbocycles. The standard InChI is InChI=1S/C11H16N4O2S/c1-18-11(3-2-4-11)7-13-10-6-8(15(16)17)5-9(12)14-10/h5-6H,2-4,7H2,1H3,(H3,12,13,14). The Morgan fingerprint density at radius 3 is 2.83 bits per heavy atom. The number of hydrogen-bond donors (Lipinski definition) is 2. The van der Waals surface area contributed by atoms with Crippen molar-refractivity contribution >= 4 is 29.1 Å². The van der Waals surface area contributed by atoms with Gasteiger partial charge in [0.15, 0.2) is 0 Å². The Kier molecular flexibility index (Phi) is 3.60. The third kappa shape index (κ3) is 2.66. The lowest BCUT2D eigenvalue weighted by Gasteiger charge is -2.40. The van der Waals surface area contributed by atoms with E-state index in [0.29, 0.717) is 5.82 Å². The molecule has 7 heteroatoms. The summed E-state index contributed by atoms with van der Waals surface area (Å²) in [5.74, 6) is 0.639. The fourth-order valence-corrected chi connectivity index (χ4v) is 2.92. The van der Waals surface area contributed by atoms with Crippen LogP contribution >= 0.6 is 11.8 Å². The lowest BCUT2D eigenvalue weighted by atomic mass is 9.84. The Hall–Kier alpha value is -1.50. The van der Waals surface area contributed by atoms with Crippen LogP contribution in [0.4, 0.5) is 17.3 Å². The van der Waals surface area contributed by atoms with E-state index in [2.05, 4.69) is 16.6 Å². The molecule has 1 fully saturated rings. The van der Waals surface area contributed by atoms with Crippen molar-refractivity contribution in [3.63, 3.8) is 0 Å². The number of hydrogen-bond acceptors (Lipinski definition) is 6. The number of aromatic nitrogens is 1. The Labute approximate surface area is 110 Å². The third-order valence-corrected chi connectivity index (χ3v) is 4.75. The molecule has 1 heterocycles. The second-order valence-corrected chi connectivity index (χ2v) is 5.76. The Morgan fingerprint density at radius 1 is 1.61 bits per heavy atom. The zero-order valence-corrected chi connectivity index (χ0v) is 11.0. The maximum Gasteiger partial charge on any atom is 0.276 e. The van der Waals surface area contributed by atoms with Crippen LogP contribution in [0.1, 0.15) is 19.3 Å². The fraction of sp³-hybridized carbons (Fsp3) is 0.545. The van der Waals surface area contributed by atoms with Crippen molar-refractivity contribution in [1.29, 1.82) is 0 Å². The predicted molar refractivity (Wildman–Crippen MR) is 73.9 cm³/mol. The van der Waals surface area contributed by atoms with E-state index in [1.165, 1.54) is 31.4 Å². The molecule has 3 N–H and O–H groups in total. The molecule has 0 atom stereocenters. The zero-order valence-electron chi connectivity index (χ0n) is 10.2. The first-order valence-electron chi connectivity index (χ1n) is 5.76. The summed E-state index contributed by atoms with van der Waals surface area (Å²) in [6, 6.07) is 2.68. The van der Waals surface area contributed by atoms with Crippen molar-refractivity contribution < 1.29 is 4.92 Å². The minimum Gasteiger partial charge on any atom is -0.383 e. The summed E-state index contributed by atoms with van der Waals surface area (Å²) >= 11 is 1.84. The van der Waals surface area contributed by atoms with Crippen molar-refractivity contribution in [2.75, 3.05) is 23.9 Å². The Morgan fingerprint density at radius 2 is 2.33 bits per heavy atom. The van der Waals surface area contributed by atoms with Crippen molar-refractivity contribution in [3.05, 3.63) is 22.2 Å². The highest BCUT2D eigenvalue weighted by Gasteiger charge is 2.35. The molecule has 6 nitrogen and oxygen atoms in total. The van der Waals surface area contributed by atoms with Crippen LogP contribution in [0.5, 0.6) is 0 Å². The van der Waals surface area contributed by atoms with Gasteiger partial charge in [0, 0.05) is 11.3 Å². The van der Waals surface area contributed by atoms with Crippen LogP contribution < -0.4 is 11.1 Å². The van der Waals surface area contributed by atoms with Gasteiger partial charge in [-0.25, -0.2) is 4.98 Å². The summed E-state index contributed by atoms with van der Waals surface area (Å²) < 4.78 is 0.251. The molecule has 0 radical (unpaired) electrons. The van der Waals surface area contributed by atoms with Crippen LogP contribution in [0.2, 0.25) is 0 Å². The molecular formula is C11H16N4O2S. The van der Waals surface area contributed by atoms with Gasteiger partial charge in [0.05, 0.1) is 17.1 Å². The lowest BCUT2D eigenvalue weighted by molar-refractivity contribution is -0.384. The molecule has 1 aromatic heterocycles. The molecule has 0 aromatic carbocycles. The van der Waals surface area contributed by atoms with Crippen molar-refractivity contribution in [3.8, 4) is 0 Å². The van der Waals surface area contributed by atoms with E-state index in [9.17, 15) is 10.1 Å². The summed E-state index contributed by atoms with van der Waals surface area (Å²) in [6.07, 6.45) is 5.68. The van der Waals surface area contributed by atoms with Crippen molar-refractivity contribution in [2.24, 2.45) is 0 Å². The summed E-state index contributed by atoms with van der Waals surface area (Å²) in [5.41, 5.74) is 5.52. The second kappa shape index (κ2) is 5.01. The second-order valence-electron chi connectivity index (χ2n) is 4.49. The monoisotopic (exact) mass is 268 g/mol. The molecule has 1 aromatic rings. The van der Waals surface area contributed by atoms with Crippen LogP contribution in [0.15, 0.2) is 12.1 Å². The van der Waals surface area contributed by atoms with Gasteiger partial charge in [0.2, 0.25) is 0 Å². The van der Waals surface area contributed by atoms with Crippen LogP contribution in [0, 0.1) is 10.1 Å². The highest BCUT2D eigenvalue weighted by Crippen LogP contribution is 2.42. The molecule has 0 bridgehead atoms. The predicted octanol–water partition coefficient (Wildman–Crippen LogP) is 2.27. The Balaban J connectivity index is 2.07. The van der Waals surface area contributed by atoms with Gasteiger partial charge in [0.25, 0.3) is 5.69 Å². The Bertz CT molecular complexity index is 457. The van der Waals surface area contributed by atoms with Gasteiger partial charge in [-0.3, -0.25) is 10.1 Å². The van der Waals surface area contributed by atoms with Gasteiger partial charge >= 0.3 is 0 Å². The number of rotatable bonds is 5. The summed E-state index contributed by atoms with van der Waals surface area (Å²) in [6.45, 7) is 0.766. The number of nitrogens with two attached hydrogens (primary N) is 1. The molecule has 0 amide bonds. The average molecular weight is 268 g/mol. The van der Waals surface area contributed by atoms with Crippen LogP contribution in [-0.4, -0.2) is 27.5 Å². The van der Waals surface area contributed by atoms with Gasteiger partial charge in [-0.1, -0.05) is 6.42 Å². The van der Waals surface area contributed by atoms with E-state index in [0.717, 1.165) is 6.54 Å². The van der Waals surface area contributed by atoms with Gasteiger partial charge in [-0.05, 0) is 19.1 Å². The molecule has 0 unspecified atom stereocenters. The number of thioether (sulfide) groups is 1. The van der Waals surface area contributed by atoms with Crippen LogP contribution in [0.25, 0.3) is 0 Å². The molecule has 98 valence electrons. The van der Waals surface area contributed by atoms with Gasteiger partial charge in [0.1, 0.15) is 11.6 Å². The van der Waals surface area contributed by atoms with Gasteiger partial charge < -0.3 is 11.1 Å². The first-order valence-corrected chi connectivity index (χ1v) is 6.98. The summed E-state index contributed by atoms with van der Waals surface area (Å²) in [5, 5.41) is 13.9. The van der Waals surface area contributed by atoms with Gasteiger partial charge in [-0.2, -0.15) is 11.8 Å². The van der Waals surface area contributed by atoms with E-state index in [4.69, 9.17) is 5.73 Å². The molecule has 0 aliphatic heterocycles. The lowest BCUT2D eigenvalue weighted by Crippen LogP contribution is -2.40. The number of nitrogen functional groups attached to an aromatic ring is 1.